The molecule has 0 saturated heterocycles. The molecule has 5 heteroatoms. The van der Waals surface area contributed by atoms with Crippen molar-refractivity contribution in [2.75, 3.05) is 13.2 Å². The minimum absolute atomic E-state index is 0.0901. The van der Waals surface area contributed by atoms with E-state index in [4.69, 9.17) is 18.9 Å². The molecule has 3 aromatic rings. The second kappa shape index (κ2) is 11.1. The average Bonchev–Trinajstić information content (AvgIpc) is 2.77. The lowest BCUT2D eigenvalue weighted by Gasteiger charge is -2.13. The zero-order valence-corrected chi connectivity index (χ0v) is 17.5. The molecule has 0 unspecified atom stereocenters. The molecule has 0 fully saturated rings. The maximum Gasteiger partial charge on any atom is 0.123 e. The molecule has 3 rings (SSSR count). The summed E-state index contributed by atoms with van der Waals surface area (Å²) >= 11 is 0. The zero-order valence-electron chi connectivity index (χ0n) is 17.5. The van der Waals surface area contributed by atoms with E-state index < -0.39 is 0 Å². The van der Waals surface area contributed by atoms with Gasteiger partial charge in [-0.05, 0) is 66.9 Å². The van der Waals surface area contributed by atoms with E-state index in [1.807, 2.05) is 80.6 Å². The second-order valence-corrected chi connectivity index (χ2v) is 6.71. The van der Waals surface area contributed by atoms with E-state index in [2.05, 4.69) is 0 Å². The average molecular weight is 408 g/mol. The van der Waals surface area contributed by atoms with Crippen molar-refractivity contribution in [3.05, 3.63) is 83.4 Å². The molecule has 158 valence electrons. The largest absolute Gasteiger partial charge is 0.494 e. The molecule has 0 aliphatic rings. The van der Waals surface area contributed by atoms with Gasteiger partial charge in [0, 0.05) is 6.07 Å². The summed E-state index contributed by atoms with van der Waals surface area (Å²) in [5.41, 5.74) is 2.74. The fourth-order valence-electron chi connectivity index (χ4n) is 3.01. The second-order valence-electron chi connectivity index (χ2n) is 6.71. The Morgan fingerprint density at radius 3 is 1.47 bits per heavy atom. The molecule has 0 heterocycles. The zero-order chi connectivity index (χ0) is 21.2. The first-order chi connectivity index (χ1) is 14.7. The lowest BCUT2D eigenvalue weighted by Crippen LogP contribution is -2.00. The molecule has 30 heavy (non-hydrogen) atoms. The van der Waals surface area contributed by atoms with Crippen LogP contribution in [0.3, 0.4) is 0 Å². The van der Waals surface area contributed by atoms with Gasteiger partial charge in [-0.1, -0.05) is 24.3 Å². The van der Waals surface area contributed by atoms with Crippen LogP contribution in [0.25, 0.3) is 0 Å². The number of hydrogen-bond acceptors (Lipinski definition) is 5. The van der Waals surface area contributed by atoms with E-state index in [1.165, 1.54) is 0 Å². The standard InChI is InChI=1S/C25H28O5/c1-3-27-22-9-5-7-19(11-22)17-29-24-13-21(16-26)14-25(15-24)30-18-20-8-6-10-23(12-20)28-4-2/h5-15,26H,3-4,16-18H2,1-2H3. The van der Waals surface area contributed by atoms with Crippen LogP contribution >= 0.6 is 0 Å². The van der Waals surface area contributed by atoms with Crippen molar-refractivity contribution in [2.24, 2.45) is 0 Å². The van der Waals surface area contributed by atoms with Crippen molar-refractivity contribution in [2.45, 2.75) is 33.7 Å². The summed E-state index contributed by atoms with van der Waals surface area (Å²) in [6.45, 7) is 5.86. The summed E-state index contributed by atoms with van der Waals surface area (Å²) in [7, 11) is 0. The third kappa shape index (κ3) is 6.42. The van der Waals surface area contributed by atoms with Crippen molar-refractivity contribution >= 4 is 0 Å². The number of ether oxygens (including phenoxy) is 4. The van der Waals surface area contributed by atoms with Crippen molar-refractivity contribution in [3.63, 3.8) is 0 Å². The number of aliphatic hydroxyl groups excluding tert-OH is 1. The SMILES string of the molecule is CCOc1cccc(COc2cc(CO)cc(OCc3cccc(OCC)c3)c2)c1. The molecule has 5 nitrogen and oxygen atoms in total. The van der Waals surface area contributed by atoms with Crippen LogP contribution in [0.1, 0.15) is 30.5 Å². The normalized spacial score (nSPS) is 10.5. The Balaban J connectivity index is 1.66. The molecule has 0 spiro atoms. The van der Waals surface area contributed by atoms with E-state index >= 15 is 0 Å². The van der Waals surface area contributed by atoms with Crippen molar-refractivity contribution in [1.29, 1.82) is 0 Å². The van der Waals surface area contributed by atoms with Crippen LogP contribution in [0.4, 0.5) is 0 Å². The summed E-state index contributed by atoms with van der Waals surface area (Å²) in [6.07, 6.45) is 0. The molecular weight excluding hydrogens is 380 g/mol. The van der Waals surface area contributed by atoms with Gasteiger partial charge < -0.3 is 24.1 Å². The van der Waals surface area contributed by atoms with E-state index in [9.17, 15) is 5.11 Å². The summed E-state index contributed by atoms with van der Waals surface area (Å²) in [5.74, 6) is 2.92. The topological polar surface area (TPSA) is 57.2 Å². The monoisotopic (exact) mass is 408 g/mol. The number of rotatable bonds is 11. The van der Waals surface area contributed by atoms with Crippen LogP contribution in [0.15, 0.2) is 66.7 Å². The summed E-state index contributed by atoms with van der Waals surface area (Å²) in [5, 5.41) is 9.60. The van der Waals surface area contributed by atoms with Gasteiger partial charge in [-0.2, -0.15) is 0 Å². The molecule has 0 amide bonds. The molecule has 0 aliphatic heterocycles. The first-order valence-corrected chi connectivity index (χ1v) is 10.1. The van der Waals surface area contributed by atoms with Crippen LogP contribution in [-0.2, 0) is 19.8 Å². The van der Waals surface area contributed by atoms with Gasteiger partial charge in [-0.25, -0.2) is 0 Å². The first kappa shape index (κ1) is 21.5. The van der Waals surface area contributed by atoms with Crippen LogP contribution in [0, 0.1) is 0 Å². The predicted octanol–water partition coefficient (Wildman–Crippen LogP) is 5.13. The maximum atomic E-state index is 9.60. The van der Waals surface area contributed by atoms with Gasteiger partial charge >= 0.3 is 0 Å². The molecule has 0 radical (unpaired) electrons. The Morgan fingerprint density at radius 2 is 1.03 bits per heavy atom. The van der Waals surface area contributed by atoms with Gasteiger partial charge in [-0.3, -0.25) is 0 Å². The van der Waals surface area contributed by atoms with Crippen molar-refractivity contribution < 1.29 is 24.1 Å². The molecule has 0 aromatic heterocycles. The van der Waals surface area contributed by atoms with Crippen molar-refractivity contribution in [3.8, 4) is 23.0 Å². The Kier molecular flexibility index (Phi) is 7.98. The smallest absolute Gasteiger partial charge is 0.123 e. The molecule has 1 N–H and O–H groups in total. The Labute approximate surface area is 177 Å². The van der Waals surface area contributed by atoms with Crippen molar-refractivity contribution in [1.82, 2.24) is 0 Å². The highest BCUT2D eigenvalue weighted by atomic mass is 16.5. The highest BCUT2D eigenvalue weighted by Gasteiger charge is 2.06. The highest BCUT2D eigenvalue weighted by Crippen LogP contribution is 2.26. The van der Waals surface area contributed by atoms with Gasteiger partial charge in [0.2, 0.25) is 0 Å². The fraction of sp³-hybridized carbons (Fsp3) is 0.280. The van der Waals surface area contributed by atoms with E-state index in [0.29, 0.717) is 37.9 Å². The molecule has 0 bridgehead atoms. The van der Waals surface area contributed by atoms with Gasteiger partial charge in [0.15, 0.2) is 0 Å². The fourth-order valence-corrected chi connectivity index (χ4v) is 3.01. The minimum Gasteiger partial charge on any atom is -0.494 e. The van der Waals surface area contributed by atoms with Gasteiger partial charge in [-0.15, -0.1) is 0 Å². The van der Waals surface area contributed by atoms with Crippen LogP contribution < -0.4 is 18.9 Å². The highest BCUT2D eigenvalue weighted by molar-refractivity contribution is 5.39. The maximum absolute atomic E-state index is 9.60. The minimum atomic E-state index is -0.0901. The van der Waals surface area contributed by atoms with Crippen LogP contribution in [0.5, 0.6) is 23.0 Å². The summed E-state index contributed by atoms with van der Waals surface area (Å²) < 4.78 is 23.0. The predicted molar refractivity (Wildman–Crippen MR) is 116 cm³/mol. The van der Waals surface area contributed by atoms with Crippen LogP contribution in [0.2, 0.25) is 0 Å². The molecule has 3 aromatic carbocycles. The number of benzene rings is 3. The Hall–Kier alpha value is -3.18. The molecule has 0 saturated carbocycles. The summed E-state index contributed by atoms with van der Waals surface area (Å²) in [6, 6.07) is 21.1. The number of aliphatic hydroxyl groups is 1. The third-order valence-corrected chi connectivity index (χ3v) is 4.35. The molecular formula is C25H28O5. The number of hydrogen-bond donors (Lipinski definition) is 1. The lowest BCUT2D eigenvalue weighted by molar-refractivity contribution is 0.270. The quantitative estimate of drug-likeness (QED) is 0.476. The van der Waals surface area contributed by atoms with Crippen LogP contribution in [-0.4, -0.2) is 18.3 Å². The Bertz CT molecular complexity index is 867. The first-order valence-electron chi connectivity index (χ1n) is 10.1. The molecule has 0 aliphatic carbocycles. The third-order valence-electron chi connectivity index (χ3n) is 4.35. The van der Waals surface area contributed by atoms with E-state index in [0.717, 1.165) is 28.2 Å². The summed E-state index contributed by atoms with van der Waals surface area (Å²) in [4.78, 5) is 0. The Morgan fingerprint density at radius 1 is 0.567 bits per heavy atom. The van der Waals surface area contributed by atoms with E-state index in [-0.39, 0.29) is 6.61 Å². The van der Waals surface area contributed by atoms with E-state index in [1.54, 1.807) is 0 Å². The lowest BCUT2D eigenvalue weighted by atomic mass is 10.2. The van der Waals surface area contributed by atoms with Gasteiger partial charge in [0.1, 0.15) is 36.2 Å². The van der Waals surface area contributed by atoms with Gasteiger partial charge in [0.25, 0.3) is 0 Å². The molecule has 0 atom stereocenters. The van der Waals surface area contributed by atoms with Gasteiger partial charge in [0.05, 0.1) is 19.8 Å².